The highest BCUT2D eigenvalue weighted by atomic mass is 32.2. The van der Waals surface area contributed by atoms with Gasteiger partial charge in [-0.2, -0.15) is 5.10 Å². The lowest BCUT2D eigenvalue weighted by Gasteiger charge is -2.14. The lowest BCUT2D eigenvalue weighted by molar-refractivity contribution is -0.118. The van der Waals surface area contributed by atoms with Gasteiger partial charge in [0.2, 0.25) is 5.91 Å². The zero-order chi connectivity index (χ0) is 28.9. The Morgan fingerprint density at radius 3 is 2.51 bits per heavy atom. The molecule has 1 aliphatic carbocycles. The first-order chi connectivity index (χ1) is 19.8. The Labute approximate surface area is 249 Å². The average molecular weight is 587 g/mol. The summed E-state index contributed by atoms with van der Waals surface area (Å²) < 4.78 is 7.32. The zero-order valence-electron chi connectivity index (χ0n) is 23.7. The number of benzene rings is 2. The lowest BCUT2D eigenvalue weighted by atomic mass is 9.95. The van der Waals surface area contributed by atoms with E-state index in [-0.39, 0.29) is 17.6 Å². The lowest BCUT2D eigenvalue weighted by Crippen LogP contribution is -2.19. The van der Waals surface area contributed by atoms with Gasteiger partial charge >= 0.3 is 0 Å². The van der Waals surface area contributed by atoms with Gasteiger partial charge in [0, 0.05) is 32.4 Å². The van der Waals surface area contributed by atoms with Gasteiger partial charge in [-0.1, -0.05) is 17.7 Å². The van der Waals surface area contributed by atoms with Gasteiger partial charge in [-0.05, 0) is 94.5 Å². The van der Waals surface area contributed by atoms with E-state index >= 15 is 0 Å². The topological polar surface area (TPSA) is 84.7 Å². The number of hydrazone groups is 1. The molecule has 2 heterocycles. The maximum absolute atomic E-state index is 13.7. The van der Waals surface area contributed by atoms with Gasteiger partial charge in [-0.25, -0.2) is 5.43 Å². The molecule has 2 N–H and O–H groups in total. The van der Waals surface area contributed by atoms with Gasteiger partial charge in [0.05, 0.1) is 24.6 Å². The second-order valence-corrected chi connectivity index (χ2v) is 12.3. The Balaban J connectivity index is 1.33. The third kappa shape index (κ3) is 6.57. The second kappa shape index (κ2) is 12.8. The van der Waals surface area contributed by atoms with Crippen molar-refractivity contribution >= 4 is 46.8 Å². The molecule has 41 heavy (non-hydrogen) atoms. The predicted molar refractivity (Wildman–Crippen MR) is 168 cm³/mol. The van der Waals surface area contributed by atoms with Crippen LogP contribution >= 0.6 is 23.1 Å². The average Bonchev–Trinajstić information content (AvgIpc) is 3.49. The van der Waals surface area contributed by atoms with E-state index in [2.05, 4.69) is 20.4 Å². The normalized spacial score (nSPS) is 12.8. The number of thioether (sulfide) groups is 1. The molecule has 0 unspecified atom stereocenters. The maximum Gasteiger partial charge on any atom is 0.258 e. The number of methoxy groups -OCH3 is 1. The predicted octanol–water partition coefficient (Wildman–Crippen LogP) is 6.85. The maximum atomic E-state index is 13.7. The van der Waals surface area contributed by atoms with Crippen LogP contribution in [0.4, 0.5) is 5.69 Å². The number of ether oxygens (including phenoxy) is 1. The van der Waals surface area contributed by atoms with Crippen LogP contribution in [-0.4, -0.2) is 35.5 Å². The van der Waals surface area contributed by atoms with Crippen molar-refractivity contribution in [1.29, 1.82) is 0 Å². The summed E-state index contributed by atoms with van der Waals surface area (Å²) in [6, 6.07) is 17.5. The number of amides is 2. The molecule has 9 heteroatoms. The Morgan fingerprint density at radius 2 is 1.78 bits per heavy atom. The van der Waals surface area contributed by atoms with Gasteiger partial charge in [0.25, 0.3) is 5.91 Å². The van der Waals surface area contributed by atoms with Crippen molar-refractivity contribution in [1.82, 2.24) is 9.99 Å². The molecular weight excluding hydrogens is 553 g/mol. The summed E-state index contributed by atoms with van der Waals surface area (Å²) in [5.74, 6) is 0.773. The summed E-state index contributed by atoms with van der Waals surface area (Å²) in [4.78, 5) is 28.4. The Morgan fingerprint density at radius 1 is 1.05 bits per heavy atom. The number of thiophene rings is 1. The van der Waals surface area contributed by atoms with Crippen LogP contribution in [0.15, 0.2) is 64.6 Å². The van der Waals surface area contributed by atoms with Crippen LogP contribution in [0.1, 0.15) is 56.2 Å². The minimum Gasteiger partial charge on any atom is -0.497 e. The number of rotatable bonds is 9. The molecule has 0 bridgehead atoms. The number of fused-ring (bicyclic) bond motifs is 1. The molecule has 212 valence electrons. The number of anilines is 1. The van der Waals surface area contributed by atoms with E-state index in [4.69, 9.17) is 4.74 Å². The monoisotopic (exact) mass is 586 g/mol. The number of hydrogen-bond acceptors (Lipinski definition) is 6. The summed E-state index contributed by atoms with van der Waals surface area (Å²) in [6.07, 6.45) is 5.82. The van der Waals surface area contributed by atoms with Crippen LogP contribution in [0.5, 0.6) is 5.75 Å². The van der Waals surface area contributed by atoms with E-state index in [1.807, 2.05) is 75.4 Å². The van der Waals surface area contributed by atoms with Gasteiger partial charge in [-0.3, -0.25) is 9.59 Å². The highest BCUT2D eigenvalue weighted by Crippen LogP contribution is 2.39. The number of nitrogens with one attached hydrogen (secondary N) is 2. The van der Waals surface area contributed by atoms with Crippen molar-refractivity contribution in [3.05, 3.63) is 93.1 Å². The molecule has 0 radical (unpaired) electrons. The molecular formula is C32H34N4O3S2. The van der Waals surface area contributed by atoms with E-state index in [0.717, 1.165) is 75.1 Å². The van der Waals surface area contributed by atoms with E-state index in [1.165, 1.54) is 22.2 Å². The first-order valence-corrected chi connectivity index (χ1v) is 15.4. The molecule has 0 saturated heterocycles. The quantitative estimate of drug-likeness (QED) is 0.128. The highest BCUT2D eigenvalue weighted by Gasteiger charge is 2.28. The van der Waals surface area contributed by atoms with Crippen molar-refractivity contribution in [2.45, 2.75) is 51.3 Å². The fraction of sp³-hybridized carbons (Fsp3) is 0.281. The summed E-state index contributed by atoms with van der Waals surface area (Å²) in [7, 11) is 1.63. The van der Waals surface area contributed by atoms with Crippen LogP contribution in [-0.2, 0) is 17.6 Å². The largest absolute Gasteiger partial charge is 0.497 e. The fourth-order valence-electron chi connectivity index (χ4n) is 5.03. The third-order valence-corrected chi connectivity index (χ3v) is 9.47. The van der Waals surface area contributed by atoms with Crippen molar-refractivity contribution in [2.24, 2.45) is 5.10 Å². The Hall–Kier alpha value is -3.82. The first-order valence-electron chi connectivity index (χ1n) is 13.6. The highest BCUT2D eigenvalue weighted by molar-refractivity contribution is 8.00. The minimum atomic E-state index is -0.183. The van der Waals surface area contributed by atoms with Gasteiger partial charge in [0.15, 0.2) is 0 Å². The van der Waals surface area contributed by atoms with E-state index in [0.29, 0.717) is 0 Å². The summed E-state index contributed by atoms with van der Waals surface area (Å²) >= 11 is 3.15. The zero-order valence-corrected chi connectivity index (χ0v) is 25.4. The number of aromatic nitrogens is 1. The van der Waals surface area contributed by atoms with Gasteiger partial charge in [0.1, 0.15) is 10.8 Å². The number of nitrogens with zero attached hydrogens (tertiary/aromatic N) is 2. The molecule has 4 aromatic rings. The molecule has 2 aromatic carbocycles. The molecule has 0 fully saturated rings. The Kier molecular flexibility index (Phi) is 8.95. The molecule has 7 nitrogen and oxygen atoms in total. The van der Waals surface area contributed by atoms with Crippen molar-refractivity contribution in [3.8, 4) is 10.8 Å². The molecule has 0 saturated carbocycles. The minimum absolute atomic E-state index is 0.0763. The van der Waals surface area contributed by atoms with Crippen LogP contribution in [0, 0.1) is 20.8 Å². The van der Waals surface area contributed by atoms with Crippen LogP contribution in [0.3, 0.4) is 0 Å². The number of hydrogen-bond donors (Lipinski definition) is 2. The van der Waals surface area contributed by atoms with Crippen molar-refractivity contribution in [2.75, 3.05) is 18.2 Å². The Bertz CT molecular complexity index is 1580. The number of carbonyl (C=O) groups excluding carboxylic acids is 2. The van der Waals surface area contributed by atoms with E-state index < -0.39 is 0 Å². The molecule has 5 rings (SSSR count). The van der Waals surface area contributed by atoms with E-state index in [1.54, 1.807) is 24.7 Å². The summed E-state index contributed by atoms with van der Waals surface area (Å²) in [5.41, 5.74) is 9.37. The molecule has 1 aliphatic rings. The van der Waals surface area contributed by atoms with Crippen molar-refractivity contribution < 1.29 is 14.3 Å². The number of aryl methyl sites for hydroxylation is 3. The third-order valence-electron chi connectivity index (χ3n) is 7.18. The molecule has 2 aromatic heterocycles. The standard InChI is InChI=1S/C32H34N4O3S2/c1-20-9-11-24(12-10-20)34-31(38)30-27-7-5-6-8-28(27)41-32(30)36-21(2)17-23(22(36)3)18-33-35-29(37)19-40-26-15-13-25(39-4)14-16-26/h9-18H,5-8,19H2,1-4H3,(H,34,38)(H,35,37)/b33-18+. The molecule has 0 spiro atoms. The van der Waals surface area contributed by atoms with E-state index in [9.17, 15) is 9.59 Å². The molecule has 2 amide bonds. The molecule has 0 aliphatic heterocycles. The first kappa shape index (κ1) is 28.7. The van der Waals surface area contributed by atoms with Gasteiger partial charge in [-0.15, -0.1) is 23.1 Å². The summed E-state index contributed by atoms with van der Waals surface area (Å²) in [6.45, 7) is 6.09. The smallest absolute Gasteiger partial charge is 0.258 e. The molecule has 0 atom stereocenters. The number of carbonyl (C=O) groups is 2. The van der Waals surface area contributed by atoms with Crippen LogP contribution in [0.2, 0.25) is 0 Å². The van der Waals surface area contributed by atoms with Crippen LogP contribution < -0.4 is 15.5 Å². The van der Waals surface area contributed by atoms with Crippen molar-refractivity contribution in [3.63, 3.8) is 0 Å². The second-order valence-electron chi connectivity index (χ2n) is 10.1. The fourth-order valence-corrected chi connectivity index (χ4v) is 7.22. The van der Waals surface area contributed by atoms with Gasteiger partial charge < -0.3 is 14.6 Å². The SMILES string of the molecule is COc1ccc(SCC(=O)N/N=C/c2cc(C)n(-c3sc4c(c3C(=O)Nc3ccc(C)cc3)CCCC4)c2C)cc1. The van der Waals surface area contributed by atoms with Crippen LogP contribution in [0.25, 0.3) is 5.00 Å². The summed E-state index contributed by atoms with van der Waals surface area (Å²) in [5, 5.41) is 8.30.